The number of rotatable bonds is 0. The van der Waals surface area contributed by atoms with Crippen molar-refractivity contribution in [2.75, 3.05) is 6.61 Å². The monoisotopic (exact) mass is 535 g/mol. The lowest BCUT2D eigenvalue weighted by Crippen LogP contribution is -2.48. The second-order valence-corrected chi connectivity index (χ2v) is 10.7. The van der Waals surface area contributed by atoms with Gasteiger partial charge in [0, 0.05) is 33.6 Å². The van der Waals surface area contributed by atoms with Crippen LogP contribution in [0.5, 0.6) is 0 Å². The molecule has 32 heavy (non-hydrogen) atoms. The van der Waals surface area contributed by atoms with Crippen LogP contribution in [0.3, 0.4) is 0 Å². The number of hydrogen-bond donors (Lipinski definition) is 2. The summed E-state index contributed by atoms with van der Waals surface area (Å²) in [6, 6.07) is 16.2. The molecule has 5 heterocycles. The highest BCUT2D eigenvalue weighted by Gasteiger charge is 2.62. The van der Waals surface area contributed by atoms with Crippen LogP contribution in [0.1, 0.15) is 28.9 Å². The van der Waals surface area contributed by atoms with Crippen LogP contribution in [0.2, 0.25) is 0 Å². The van der Waals surface area contributed by atoms with Crippen LogP contribution in [-0.2, 0) is 15.0 Å². The van der Waals surface area contributed by atoms with Crippen molar-refractivity contribution in [3.63, 3.8) is 0 Å². The fourth-order valence-corrected chi connectivity index (χ4v) is 7.46. The lowest BCUT2D eigenvalue weighted by molar-refractivity contribution is -0.0848. The fourth-order valence-electron chi connectivity index (χ4n) is 6.42. The molecule has 2 N–H and O–H groups in total. The molecule has 1 fully saturated rings. The van der Waals surface area contributed by atoms with Crippen molar-refractivity contribution in [2.45, 2.75) is 28.8 Å². The predicted octanol–water partition coefficient (Wildman–Crippen LogP) is 4.53. The van der Waals surface area contributed by atoms with Crippen LogP contribution in [0.4, 0.5) is 0 Å². The molecule has 2 aromatic heterocycles. The van der Waals surface area contributed by atoms with Crippen molar-refractivity contribution in [1.82, 2.24) is 14.5 Å². The van der Waals surface area contributed by atoms with Gasteiger partial charge >= 0.3 is 0 Å². The van der Waals surface area contributed by atoms with Gasteiger partial charge in [-0.2, -0.15) is 0 Å². The smallest absolute Gasteiger partial charge is 0.252 e. The molecular weight excluding hydrogens is 517 g/mol. The zero-order chi connectivity index (χ0) is 21.6. The van der Waals surface area contributed by atoms with Crippen LogP contribution < -0.4 is 5.32 Å². The fraction of sp³-hybridized carbons (Fsp3) is 0.240. The van der Waals surface area contributed by atoms with Crippen molar-refractivity contribution in [3.8, 4) is 0 Å². The third kappa shape index (κ3) is 1.65. The van der Waals surface area contributed by atoms with Gasteiger partial charge in [0.1, 0.15) is 5.60 Å². The topological polar surface area (TPSA) is 68.4 Å². The maximum absolute atomic E-state index is 13.2. The van der Waals surface area contributed by atoms with Gasteiger partial charge in [-0.25, -0.2) is 0 Å². The number of carbonyl (C=O) groups excluding carboxylic acids is 1. The molecule has 2 bridgehead atoms. The van der Waals surface area contributed by atoms with Crippen molar-refractivity contribution in [3.05, 3.63) is 59.7 Å². The first-order chi connectivity index (χ1) is 15.4. The van der Waals surface area contributed by atoms with Gasteiger partial charge in [-0.1, -0.05) is 36.4 Å². The molecule has 6 nitrogen and oxygen atoms in total. The molecule has 0 aliphatic carbocycles. The maximum Gasteiger partial charge on any atom is 0.252 e. The zero-order valence-electron chi connectivity index (χ0n) is 17.1. The van der Waals surface area contributed by atoms with Gasteiger partial charge < -0.3 is 19.7 Å². The summed E-state index contributed by atoms with van der Waals surface area (Å²) in [5.41, 5.74) is 4.70. The molecule has 3 aliphatic heterocycles. The van der Waals surface area contributed by atoms with Gasteiger partial charge in [-0.3, -0.25) is 9.36 Å². The second kappa shape index (κ2) is 5.30. The minimum Gasteiger partial charge on any atom is -0.382 e. The van der Waals surface area contributed by atoms with Crippen LogP contribution >= 0.6 is 22.6 Å². The molecule has 1 saturated heterocycles. The summed E-state index contributed by atoms with van der Waals surface area (Å²) in [5, 5.41) is 19.3. The molecule has 0 spiro atoms. The zero-order valence-corrected chi connectivity index (χ0v) is 19.3. The van der Waals surface area contributed by atoms with Gasteiger partial charge in [-0.05, 0) is 47.2 Å². The number of nitrogens with zero attached hydrogens (tertiary/aromatic N) is 2. The number of amides is 1. The summed E-state index contributed by atoms with van der Waals surface area (Å²) in [5.74, 6) is -0.0248. The maximum atomic E-state index is 13.2. The number of carbonyl (C=O) groups is 1. The Hall–Kier alpha value is -2.62. The Balaban J connectivity index is 1.82. The molecule has 1 amide bonds. The number of halogens is 1. The van der Waals surface area contributed by atoms with Crippen LogP contribution in [0.15, 0.2) is 48.5 Å². The summed E-state index contributed by atoms with van der Waals surface area (Å²) >= 11 is 2.29. The number of nitrogens with one attached hydrogen (secondary N) is 1. The van der Waals surface area contributed by atoms with E-state index in [2.05, 4.69) is 61.3 Å². The van der Waals surface area contributed by atoms with Crippen LogP contribution in [0, 0.1) is 0 Å². The molecule has 3 atom stereocenters. The van der Waals surface area contributed by atoms with E-state index in [0.29, 0.717) is 13.2 Å². The number of benzene rings is 3. The number of para-hydroxylation sites is 2. The van der Waals surface area contributed by atoms with Crippen molar-refractivity contribution in [1.29, 1.82) is 0 Å². The molecular formula is C25H18IN3O3. The van der Waals surface area contributed by atoms with Crippen LogP contribution in [0.25, 0.3) is 43.6 Å². The van der Waals surface area contributed by atoms with Gasteiger partial charge in [0.25, 0.3) is 5.91 Å². The largest absolute Gasteiger partial charge is 0.382 e. The van der Waals surface area contributed by atoms with E-state index < -0.39 is 9.33 Å². The predicted molar refractivity (Wildman–Crippen MR) is 131 cm³/mol. The lowest BCUT2D eigenvalue weighted by atomic mass is 9.96. The Morgan fingerprint density at radius 2 is 1.75 bits per heavy atom. The Labute approximate surface area is 195 Å². The minimum atomic E-state index is -1.18. The number of alkyl halides is 1. The van der Waals surface area contributed by atoms with E-state index in [9.17, 15) is 9.90 Å². The van der Waals surface area contributed by atoms with Crippen molar-refractivity contribution >= 4 is 72.1 Å². The Morgan fingerprint density at radius 3 is 2.53 bits per heavy atom. The quantitative estimate of drug-likeness (QED) is 0.226. The molecule has 3 aliphatic rings. The van der Waals surface area contributed by atoms with Gasteiger partial charge in [0.05, 0.1) is 34.8 Å². The highest BCUT2D eigenvalue weighted by atomic mass is 127. The van der Waals surface area contributed by atoms with E-state index in [1.54, 1.807) is 0 Å². The average molecular weight is 535 g/mol. The first-order valence-electron chi connectivity index (χ1n) is 10.8. The summed E-state index contributed by atoms with van der Waals surface area (Å²) in [6.45, 7) is 2.77. The SMILES string of the molecule is C[C@]1(O)C2CO[C@]1(I)n1c3ccccc3c3c4c(c5c6ccccc6n2c5c31)C(=O)NC4. The van der Waals surface area contributed by atoms with Crippen molar-refractivity contribution < 1.29 is 14.6 Å². The first-order valence-corrected chi connectivity index (χ1v) is 11.9. The normalized spacial score (nSPS) is 28.3. The number of hydrogen-bond acceptors (Lipinski definition) is 3. The Morgan fingerprint density at radius 1 is 1.06 bits per heavy atom. The summed E-state index contributed by atoms with van der Waals surface area (Å²) in [7, 11) is 0. The van der Waals surface area contributed by atoms with E-state index in [0.717, 1.165) is 54.7 Å². The van der Waals surface area contributed by atoms with E-state index in [-0.39, 0.29) is 11.9 Å². The molecule has 3 aromatic carbocycles. The van der Waals surface area contributed by atoms with E-state index in [1.807, 2.05) is 31.2 Å². The molecule has 158 valence electrons. The Kier molecular flexibility index (Phi) is 2.96. The third-order valence-electron chi connectivity index (χ3n) is 7.82. The van der Waals surface area contributed by atoms with E-state index in [1.165, 1.54) is 0 Å². The molecule has 1 unspecified atom stereocenters. The summed E-state index contributed by atoms with van der Waals surface area (Å²) in [4.78, 5) is 13.2. The highest BCUT2D eigenvalue weighted by Crippen LogP contribution is 2.59. The standard InChI is InChI=1S/C25H18IN3O3/c1-24(31)17-11-32-25(24,26)29-16-9-5-3-7-13(16)18-14-10-27-23(30)20(14)19-12-6-2-4-8-15(12)28(17)21(19)22(18)29/h2-9,17,31H,10-11H2,1H3,(H,27,30)/t17?,24-,25+/m0/s1. The minimum absolute atomic E-state index is 0.0248. The average Bonchev–Trinajstić information content (AvgIpc) is 3.46. The number of fused-ring (bicyclic) bond motifs is 13. The summed E-state index contributed by atoms with van der Waals surface area (Å²) < 4.78 is 9.91. The highest BCUT2D eigenvalue weighted by molar-refractivity contribution is 14.1. The summed E-state index contributed by atoms with van der Waals surface area (Å²) in [6.07, 6.45) is 0. The number of aliphatic hydroxyl groups is 1. The molecule has 7 heteroatoms. The number of ether oxygens (including phenoxy) is 1. The van der Waals surface area contributed by atoms with E-state index in [4.69, 9.17) is 4.74 Å². The Bertz CT molecular complexity index is 1710. The number of aromatic nitrogens is 2. The van der Waals surface area contributed by atoms with Crippen molar-refractivity contribution in [2.24, 2.45) is 0 Å². The molecule has 8 rings (SSSR count). The molecule has 0 saturated carbocycles. The van der Waals surface area contributed by atoms with Gasteiger partial charge in [-0.15, -0.1) is 0 Å². The van der Waals surface area contributed by atoms with Gasteiger partial charge in [0.15, 0.2) is 0 Å². The lowest BCUT2D eigenvalue weighted by Gasteiger charge is -2.37. The first kappa shape index (κ1) is 17.9. The molecule has 5 aromatic rings. The van der Waals surface area contributed by atoms with Gasteiger partial charge in [0.2, 0.25) is 3.73 Å². The second-order valence-electron chi connectivity index (χ2n) is 9.26. The third-order valence-corrected chi connectivity index (χ3v) is 9.71. The van der Waals surface area contributed by atoms with Crippen LogP contribution in [-0.4, -0.2) is 32.4 Å². The van der Waals surface area contributed by atoms with E-state index >= 15 is 0 Å². The molecule has 0 radical (unpaired) electrons.